The minimum Gasteiger partial charge on any atom is -0.480 e. The molecule has 1 aromatic carbocycles. The van der Waals surface area contributed by atoms with E-state index in [4.69, 9.17) is 15.2 Å². The Morgan fingerprint density at radius 2 is 2.00 bits per heavy atom. The Balaban J connectivity index is 2.09. The molecular formula is C14H14N2O4. The lowest BCUT2D eigenvalue weighted by Crippen LogP contribution is -2.38. The number of aliphatic imine (C=N–C) groups is 1. The fraction of sp³-hybridized carbons (Fsp3) is 0.286. The monoisotopic (exact) mass is 274 g/mol. The van der Waals surface area contributed by atoms with Crippen LogP contribution in [0.1, 0.15) is 31.0 Å². The third-order valence-electron chi connectivity index (χ3n) is 3.20. The second-order valence-electron chi connectivity index (χ2n) is 5.11. The second-order valence-corrected chi connectivity index (χ2v) is 5.11. The van der Waals surface area contributed by atoms with Gasteiger partial charge in [0.05, 0.1) is 0 Å². The van der Waals surface area contributed by atoms with Crippen LogP contribution in [0, 0.1) is 0 Å². The third-order valence-corrected chi connectivity index (χ3v) is 3.20. The van der Waals surface area contributed by atoms with E-state index < -0.39 is 23.7 Å². The first-order valence-corrected chi connectivity index (χ1v) is 6.17. The quantitative estimate of drug-likeness (QED) is 0.757. The molecule has 6 nitrogen and oxygen atoms in total. The first-order chi connectivity index (χ1) is 9.39. The van der Waals surface area contributed by atoms with Gasteiger partial charge in [-0.1, -0.05) is 24.3 Å². The van der Waals surface area contributed by atoms with Gasteiger partial charge in [0.1, 0.15) is 17.5 Å². The van der Waals surface area contributed by atoms with Crippen LogP contribution >= 0.6 is 0 Å². The van der Waals surface area contributed by atoms with E-state index in [2.05, 4.69) is 4.99 Å². The Morgan fingerprint density at radius 3 is 2.70 bits per heavy atom. The van der Waals surface area contributed by atoms with Gasteiger partial charge in [-0.25, -0.2) is 4.79 Å². The number of hydrogen-bond donors (Lipinski definition) is 2. The van der Waals surface area contributed by atoms with Crippen LogP contribution in [-0.4, -0.2) is 22.7 Å². The maximum Gasteiger partial charge on any atom is 0.347 e. The van der Waals surface area contributed by atoms with Crippen LogP contribution in [0.3, 0.4) is 0 Å². The first kappa shape index (κ1) is 12.5. The number of carbonyl (C=O) groups is 1. The molecule has 0 aliphatic carbocycles. The number of nitrogens with zero attached hydrogens (tertiary/aromatic N) is 1. The molecule has 0 aromatic heterocycles. The zero-order valence-corrected chi connectivity index (χ0v) is 11.1. The summed E-state index contributed by atoms with van der Waals surface area (Å²) < 4.78 is 10.3. The van der Waals surface area contributed by atoms with E-state index in [1.807, 2.05) is 18.2 Å². The molecule has 0 saturated carbocycles. The number of hydrogen-bond acceptors (Lipinski definition) is 6. The molecule has 0 saturated heterocycles. The summed E-state index contributed by atoms with van der Waals surface area (Å²) in [5.74, 6) is -2.00. The van der Waals surface area contributed by atoms with Crippen LogP contribution in [0.25, 0.3) is 0 Å². The average Bonchev–Trinajstić information content (AvgIpc) is 2.65. The van der Waals surface area contributed by atoms with E-state index in [0.29, 0.717) is 5.84 Å². The summed E-state index contributed by atoms with van der Waals surface area (Å²) in [5, 5.41) is 9.99. The number of amidine groups is 1. The SMILES string of the molecule is CC1(C)OC(=O)C(C2N=C(N)c3ccccc32)=C(O)O1. The summed E-state index contributed by atoms with van der Waals surface area (Å²) >= 11 is 0. The number of benzene rings is 1. The van der Waals surface area contributed by atoms with Gasteiger partial charge in [-0.05, 0) is 5.56 Å². The van der Waals surface area contributed by atoms with Crippen molar-refractivity contribution in [2.45, 2.75) is 25.7 Å². The van der Waals surface area contributed by atoms with E-state index in [9.17, 15) is 9.90 Å². The van der Waals surface area contributed by atoms with Crippen molar-refractivity contribution in [3.05, 3.63) is 46.9 Å². The normalized spacial score (nSPS) is 23.8. The molecule has 104 valence electrons. The van der Waals surface area contributed by atoms with Crippen molar-refractivity contribution in [2.24, 2.45) is 10.7 Å². The maximum absolute atomic E-state index is 12.1. The Bertz CT molecular complexity index is 661. The fourth-order valence-corrected chi connectivity index (χ4v) is 2.37. The summed E-state index contributed by atoms with van der Waals surface area (Å²) in [7, 11) is 0. The molecule has 0 spiro atoms. The van der Waals surface area contributed by atoms with Gasteiger partial charge < -0.3 is 20.3 Å². The highest BCUT2D eigenvalue weighted by atomic mass is 16.8. The second kappa shape index (κ2) is 4.00. The topological polar surface area (TPSA) is 94.1 Å². The van der Waals surface area contributed by atoms with Crippen LogP contribution in [0.2, 0.25) is 0 Å². The van der Waals surface area contributed by atoms with Crippen molar-refractivity contribution in [3.63, 3.8) is 0 Å². The highest BCUT2D eigenvalue weighted by molar-refractivity contribution is 6.03. The molecule has 2 heterocycles. The van der Waals surface area contributed by atoms with E-state index in [0.717, 1.165) is 11.1 Å². The Hall–Kier alpha value is -2.50. The number of aliphatic hydroxyl groups excluding tert-OH is 1. The van der Waals surface area contributed by atoms with Gasteiger partial charge in [0, 0.05) is 19.4 Å². The summed E-state index contributed by atoms with van der Waals surface area (Å²) in [6, 6.07) is 6.56. The van der Waals surface area contributed by atoms with Crippen molar-refractivity contribution in [1.82, 2.24) is 0 Å². The van der Waals surface area contributed by atoms with Gasteiger partial charge in [0.25, 0.3) is 11.7 Å². The lowest BCUT2D eigenvalue weighted by molar-refractivity contribution is -0.222. The molecule has 0 bridgehead atoms. The Labute approximate surface area is 115 Å². The summed E-state index contributed by atoms with van der Waals surface area (Å²) in [5.41, 5.74) is 7.30. The molecule has 0 fully saturated rings. The molecule has 0 amide bonds. The third kappa shape index (κ3) is 1.80. The van der Waals surface area contributed by atoms with Crippen molar-refractivity contribution in [1.29, 1.82) is 0 Å². The van der Waals surface area contributed by atoms with Gasteiger partial charge in [-0.3, -0.25) is 4.99 Å². The number of fused-ring (bicyclic) bond motifs is 1. The molecule has 1 aromatic rings. The molecule has 2 aliphatic rings. The molecule has 2 aliphatic heterocycles. The van der Waals surface area contributed by atoms with Crippen LogP contribution in [-0.2, 0) is 14.3 Å². The predicted octanol–water partition coefficient (Wildman–Crippen LogP) is 1.53. The van der Waals surface area contributed by atoms with Gasteiger partial charge in [0.2, 0.25) is 0 Å². The van der Waals surface area contributed by atoms with Gasteiger partial charge >= 0.3 is 5.97 Å². The average molecular weight is 274 g/mol. The van der Waals surface area contributed by atoms with Crippen LogP contribution in [0.4, 0.5) is 0 Å². The molecule has 3 rings (SSSR count). The molecule has 1 atom stereocenters. The smallest absolute Gasteiger partial charge is 0.347 e. The molecular weight excluding hydrogens is 260 g/mol. The minimum atomic E-state index is -1.20. The van der Waals surface area contributed by atoms with Crippen molar-refractivity contribution in [2.75, 3.05) is 0 Å². The van der Waals surface area contributed by atoms with Crippen LogP contribution in [0.15, 0.2) is 40.8 Å². The standard InChI is InChI=1S/C14H14N2O4/c1-14(2)19-12(17)9(13(18)20-14)10-7-5-3-4-6-8(7)11(15)16-10/h3-6,10,17H,1-2H3,(H2,15,16). The summed E-state index contributed by atoms with van der Waals surface area (Å²) in [4.78, 5) is 16.3. The van der Waals surface area contributed by atoms with Crippen molar-refractivity contribution in [3.8, 4) is 0 Å². The number of rotatable bonds is 1. The van der Waals surface area contributed by atoms with E-state index >= 15 is 0 Å². The molecule has 0 radical (unpaired) electrons. The summed E-state index contributed by atoms with van der Waals surface area (Å²) in [6.45, 7) is 3.08. The predicted molar refractivity (Wildman–Crippen MR) is 70.8 cm³/mol. The van der Waals surface area contributed by atoms with Crippen LogP contribution in [0.5, 0.6) is 0 Å². The molecule has 6 heteroatoms. The summed E-state index contributed by atoms with van der Waals surface area (Å²) in [6.07, 6.45) is 0. The van der Waals surface area contributed by atoms with Crippen molar-refractivity contribution >= 4 is 11.8 Å². The minimum absolute atomic E-state index is 0.0303. The zero-order valence-electron chi connectivity index (χ0n) is 11.1. The Kier molecular flexibility index (Phi) is 2.50. The molecule has 20 heavy (non-hydrogen) atoms. The van der Waals surface area contributed by atoms with E-state index in [1.165, 1.54) is 13.8 Å². The number of nitrogens with two attached hydrogens (primary N) is 1. The van der Waals surface area contributed by atoms with Crippen LogP contribution < -0.4 is 5.73 Å². The van der Waals surface area contributed by atoms with E-state index in [-0.39, 0.29) is 5.57 Å². The van der Waals surface area contributed by atoms with Gasteiger partial charge in [0.15, 0.2) is 0 Å². The Morgan fingerprint density at radius 1 is 1.30 bits per heavy atom. The lowest BCUT2D eigenvalue weighted by Gasteiger charge is -2.31. The number of aliphatic hydroxyl groups is 1. The number of cyclic esters (lactones) is 1. The number of carbonyl (C=O) groups excluding carboxylic acids is 1. The molecule has 1 unspecified atom stereocenters. The van der Waals surface area contributed by atoms with Crippen molar-refractivity contribution < 1.29 is 19.4 Å². The fourth-order valence-electron chi connectivity index (χ4n) is 2.37. The highest BCUT2D eigenvalue weighted by Gasteiger charge is 2.42. The number of esters is 1. The molecule has 3 N–H and O–H groups in total. The highest BCUT2D eigenvalue weighted by Crippen LogP contribution is 2.39. The zero-order chi connectivity index (χ0) is 14.5. The van der Waals surface area contributed by atoms with E-state index in [1.54, 1.807) is 6.07 Å². The number of ether oxygens (including phenoxy) is 2. The largest absolute Gasteiger partial charge is 0.480 e. The van der Waals surface area contributed by atoms with Gasteiger partial charge in [-0.2, -0.15) is 0 Å². The van der Waals surface area contributed by atoms with Gasteiger partial charge in [-0.15, -0.1) is 0 Å². The maximum atomic E-state index is 12.1. The lowest BCUT2D eigenvalue weighted by atomic mass is 9.97. The first-order valence-electron chi connectivity index (χ1n) is 6.17.